The molecule has 4 aromatic rings. The molecule has 1 saturated heterocycles. The summed E-state index contributed by atoms with van der Waals surface area (Å²) < 4.78 is 85.8. The number of carbonyl (C=O) groups is 3. The van der Waals surface area contributed by atoms with E-state index in [1.807, 2.05) is 4.90 Å². The minimum atomic E-state index is -4.26. The predicted molar refractivity (Wildman–Crippen MR) is 200 cm³/mol. The van der Waals surface area contributed by atoms with Gasteiger partial charge in [0.15, 0.2) is 23.0 Å². The molecule has 3 aliphatic heterocycles. The van der Waals surface area contributed by atoms with E-state index in [1.54, 1.807) is 6.07 Å². The molecule has 0 bridgehead atoms. The van der Waals surface area contributed by atoms with Gasteiger partial charge in [0.1, 0.15) is 6.61 Å². The van der Waals surface area contributed by atoms with Crippen molar-refractivity contribution in [2.75, 3.05) is 94.0 Å². The summed E-state index contributed by atoms with van der Waals surface area (Å²) in [6.45, 7) is 2.17. The van der Waals surface area contributed by atoms with Crippen molar-refractivity contribution in [3.8, 4) is 51.5 Å². The van der Waals surface area contributed by atoms with Crippen molar-refractivity contribution in [2.24, 2.45) is 0 Å². The monoisotopic (exact) mass is 856 g/mol. The van der Waals surface area contributed by atoms with Crippen LogP contribution in [0.1, 0.15) is 27.1 Å². The van der Waals surface area contributed by atoms with E-state index in [9.17, 15) is 28.0 Å². The highest BCUT2D eigenvalue weighted by molar-refractivity contribution is 7.91. The smallest absolute Gasteiger partial charge is 0.414 e. The number of carbonyl (C=O) groups excluding carboxylic acids is 3. The average molecular weight is 857 g/mol. The average Bonchev–Trinajstić information content (AvgIpc) is 4.04. The molecule has 60 heavy (non-hydrogen) atoms. The van der Waals surface area contributed by atoms with Crippen molar-refractivity contribution < 1.29 is 79.7 Å². The Morgan fingerprint density at radius 2 is 1.35 bits per heavy atom. The van der Waals surface area contributed by atoms with Crippen LogP contribution < -0.4 is 38.1 Å². The van der Waals surface area contributed by atoms with Crippen LogP contribution in [-0.4, -0.2) is 135 Å². The Morgan fingerprint density at radius 1 is 0.767 bits per heavy atom. The van der Waals surface area contributed by atoms with Gasteiger partial charge in [0.25, 0.3) is 9.84 Å². The van der Waals surface area contributed by atoms with Crippen LogP contribution in [0.2, 0.25) is 0 Å². The zero-order chi connectivity index (χ0) is 42.4. The first-order valence-electron chi connectivity index (χ1n) is 18.5. The van der Waals surface area contributed by atoms with Gasteiger partial charge in [-0.1, -0.05) is 18.2 Å². The number of ether oxygens (including phenoxy) is 10. The minimum Gasteiger partial charge on any atom is -0.493 e. The second-order valence-electron chi connectivity index (χ2n) is 13.2. The second kappa shape index (κ2) is 18.2. The number of esters is 3. The van der Waals surface area contributed by atoms with E-state index in [0.717, 1.165) is 0 Å². The van der Waals surface area contributed by atoms with Gasteiger partial charge in [0, 0.05) is 50.3 Å². The number of piperazine rings is 1. The molecule has 320 valence electrons. The maximum absolute atomic E-state index is 13.9. The summed E-state index contributed by atoms with van der Waals surface area (Å²) >= 11 is 0. The number of rotatable bonds is 17. The minimum absolute atomic E-state index is 0.00612. The molecule has 0 N–H and O–H groups in total. The Hall–Kier alpha value is -6.52. The van der Waals surface area contributed by atoms with Gasteiger partial charge in [-0.25, -0.2) is 18.0 Å². The lowest BCUT2D eigenvalue weighted by Crippen LogP contribution is -2.48. The molecule has 0 saturated carbocycles. The highest BCUT2D eigenvalue weighted by atomic mass is 32.2. The molecule has 7 rings (SSSR count). The summed E-state index contributed by atoms with van der Waals surface area (Å²) in [5.41, 5.74) is 0.334. The summed E-state index contributed by atoms with van der Waals surface area (Å²) in [4.78, 5) is 43.2. The number of fused-ring (bicyclic) bond motifs is 2. The fraction of sp³-hybridized carbons (Fsp3) is 0.395. The molecule has 4 heterocycles. The number of sulfone groups is 1. The third kappa shape index (κ3) is 8.47. The van der Waals surface area contributed by atoms with E-state index < -0.39 is 38.7 Å². The fourth-order valence-electron chi connectivity index (χ4n) is 6.71. The molecule has 21 nitrogen and oxygen atoms in total. The molecule has 1 aromatic heterocycles. The molecule has 1 fully saturated rings. The van der Waals surface area contributed by atoms with Crippen LogP contribution in [0.5, 0.6) is 40.4 Å². The summed E-state index contributed by atoms with van der Waals surface area (Å²) in [7, 11) is -0.217. The van der Waals surface area contributed by atoms with Crippen molar-refractivity contribution in [2.45, 2.75) is 16.3 Å². The third-order valence-electron chi connectivity index (χ3n) is 9.64. The normalized spacial score (nSPS) is 14.7. The first-order chi connectivity index (χ1) is 29.0. The maximum atomic E-state index is 13.9. The van der Waals surface area contributed by atoms with Gasteiger partial charge in [-0.05, 0) is 29.2 Å². The standard InChI is InChI=1S/C38H40N4O17S/c1-49-26-18-24(37(44)51-3)29(33-31(26)55-21-57-33)30-25(19-27(50-2)32-34(30)58-22-56-32)38(45)54-17-14-40-10-12-41(13-11-40)20-28(43)52-15-7-16-53-35-36(42(46)59-39-35)60(47,48)23-8-5-4-6-9-23/h4-6,8-9,18-19H,7,10-17,20-22H2,1-3H3. The zero-order valence-corrected chi connectivity index (χ0v) is 33.5. The van der Waals surface area contributed by atoms with Crippen molar-refractivity contribution in [3.63, 3.8) is 0 Å². The van der Waals surface area contributed by atoms with Crippen LogP contribution in [0.3, 0.4) is 0 Å². The number of nitrogens with zero attached hydrogens (tertiary/aromatic N) is 4. The largest absolute Gasteiger partial charge is 0.493 e. The first-order valence-corrected chi connectivity index (χ1v) is 19.9. The van der Waals surface area contributed by atoms with Gasteiger partial charge in [-0.3, -0.25) is 19.2 Å². The van der Waals surface area contributed by atoms with Gasteiger partial charge in [0.05, 0.1) is 62.3 Å². The van der Waals surface area contributed by atoms with E-state index in [-0.39, 0.29) is 113 Å². The van der Waals surface area contributed by atoms with Gasteiger partial charge in [0.2, 0.25) is 25.1 Å². The topological polar surface area (TPSA) is 237 Å². The lowest BCUT2D eigenvalue weighted by atomic mass is 9.92. The number of hydrogen-bond donors (Lipinski definition) is 0. The summed E-state index contributed by atoms with van der Waals surface area (Å²) in [6, 6.07) is 10.2. The Balaban J connectivity index is 0.905. The van der Waals surface area contributed by atoms with E-state index in [1.165, 1.54) is 57.7 Å². The second-order valence-corrected chi connectivity index (χ2v) is 15.0. The third-order valence-corrected chi connectivity index (χ3v) is 11.4. The summed E-state index contributed by atoms with van der Waals surface area (Å²) in [6.07, 6.45) is 0.187. The van der Waals surface area contributed by atoms with E-state index >= 15 is 0 Å². The molecular weight excluding hydrogens is 816 g/mol. The number of methoxy groups -OCH3 is 3. The number of aromatic nitrogens is 2. The first kappa shape index (κ1) is 41.6. The fourth-order valence-corrected chi connectivity index (χ4v) is 8.00. The molecule has 3 aliphatic rings. The Kier molecular flexibility index (Phi) is 12.6. The molecule has 0 unspecified atom stereocenters. The van der Waals surface area contributed by atoms with Crippen molar-refractivity contribution in [3.05, 3.63) is 58.8 Å². The molecule has 3 aromatic carbocycles. The molecular formula is C38H40N4O17S. The SMILES string of the molecule is COC(=O)c1cc(OC)c2c(c1-c1c(C(=O)OCCN3CCN(CC(=O)OCCCOc4no[n+]([O-])c4S(=O)(=O)c4ccccc4)CC3)cc(OC)c3c1OCO3)OCO2. The van der Waals surface area contributed by atoms with Crippen molar-refractivity contribution >= 4 is 27.7 Å². The van der Waals surface area contributed by atoms with Crippen LogP contribution in [-0.2, 0) is 28.8 Å². The van der Waals surface area contributed by atoms with Crippen LogP contribution in [0.15, 0.2) is 57.0 Å². The molecule has 0 aliphatic carbocycles. The molecule has 0 radical (unpaired) electrons. The van der Waals surface area contributed by atoms with Gasteiger partial charge >= 0.3 is 28.8 Å². The summed E-state index contributed by atoms with van der Waals surface area (Å²) in [5, 5.41) is 14.7. The Morgan fingerprint density at radius 3 is 1.95 bits per heavy atom. The number of benzene rings is 3. The highest BCUT2D eigenvalue weighted by Gasteiger charge is 2.39. The van der Waals surface area contributed by atoms with E-state index in [4.69, 9.17) is 47.4 Å². The van der Waals surface area contributed by atoms with Crippen LogP contribution in [0.4, 0.5) is 0 Å². The van der Waals surface area contributed by atoms with Gasteiger partial charge in [-0.2, -0.15) is 0 Å². The predicted octanol–water partition coefficient (Wildman–Crippen LogP) is 1.86. The number of hydrogen-bond acceptors (Lipinski definition) is 20. The maximum Gasteiger partial charge on any atom is 0.414 e. The zero-order valence-electron chi connectivity index (χ0n) is 32.7. The van der Waals surface area contributed by atoms with E-state index in [2.05, 4.69) is 14.7 Å². The molecule has 0 atom stereocenters. The summed E-state index contributed by atoms with van der Waals surface area (Å²) in [5.74, 6) is -1.30. The molecule has 0 spiro atoms. The Bertz CT molecular complexity index is 2350. The van der Waals surface area contributed by atoms with Crippen LogP contribution in [0, 0.1) is 5.21 Å². The van der Waals surface area contributed by atoms with E-state index in [0.29, 0.717) is 32.7 Å². The molecule has 0 amide bonds. The lowest BCUT2D eigenvalue weighted by molar-refractivity contribution is -0.832. The van der Waals surface area contributed by atoms with Crippen molar-refractivity contribution in [1.82, 2.24) is 15.0 Å². The van der Waals surface area contributed by atoms with Crippen LogP contribution in [0.25, 0.3) is 11.1 Å². The lowest BCUT2D eigenvalue weighted by Gasteiger charge is -2.33. The van der Waals surface area contributed by atoms with Gasteiger partial charge < -0.3 is 52.6 Å². The van der Waals surface area contributed by atoms with Crippen LogP contribution >= 0.6 is 0 Å². The highest BCUT2D eigenvalue weighted by Crippen LogP contribution is 2.56. The quantitative estimate of drug-likeness (QED) is 0.0637. The van der Waals surface area contributed by atoms with Crippen molar-refractivity contribution in [1.29, 1.82) is 0 Å². The Labute approximate surface area is 342 Å². The van der Waals surface area contributed by atoms with Gasteiger partial charge in [-0.15, -0.1) is 0 Å². The molecule has 22 heteroatoms.